The summed E-state index contributed by atoms with van der Waals surface area (Å²) in [5.74, 6) is 0.0775. The van der Waals surface area contributed by atoms with Crippen LogP contribution < -0.4 is 0 Å². The highest BCUT2D eigenvalue weighted by molar-refractivity contribution is 6.30. The zero-order valence-electron chi connectivity index (χ0n) is 11.1. The maximum absolute atomic E-state index is 12.4. The lowest BCUT2D eigenvalue weighted by molar-refractivity contribution is 0.103. The van der Waals surface area contributed by atoms with Crippen LogP contribution in [0.25, 0.3) is 6.08 Å². The molecule has 20 heavy (non-hydrogen) atoms. The van der Waals surface area contributed by atoms with Crippen LogP contribution in [0.3, 0.4) is 0 Å². The molecule has 1 N–H and O–H groups in total. The molecule has 0 heterocycles. The first-order valence-electron chi connectivity index (χ1n) is 6.40. The second-order valence-corrected chi connectivity index (χ2v) is 4.86. The van der Waals surface area contributed by atoms with Crippen LogP contribution in [0.2, 0.25) is 5.02 Å². The van der Waals surface area contributed by atoms with Gasteiger partial charge in [-0.25, -0.2) is 0 Å². The van der Waals surface area contributed by atoms with Crippen LogP contribution in [0.4, 0.5) is 0 Å². The van der Waals surface area contributed by atoms with E-state index in [0.29, 0.717) is 28.1 Å². The molecule has 0 spiro atoms. The maximum atomic E-state index is 12.4. The Hall–Kier alpha value is -2.06. The van der Waals surface area contributed by atoms with Crippen molar-refractivity contribution < 1.29 is 9.90 Å². The molecule has 0 aliphatic rings. The van der Waals surface area contributed by atoms with Gasteiger partial charge in [-0.1, -0.05) is 48.9 Å². The molecular weight excluding hydrogens is 272 g/mol. The van der Waals surface area contributed by atoms with E-state index < -0.39 is 0 Å². The maximum Gasteiger partial charge on any atom is 0.189 e. The predicted octanol–water partition coefficient (Wildman–Crippen LogP) is 4.72. The van der Waals surface area contributed by atoms with Gasteiger partial charge in [0.05, 0.1) is 0 Å². The standard InChI is InChI=1S/C17H15ClO2/c1-2-12(17(20)13-6-4-3-5-7-13)10-14-11-15(18)8-9-16(14)19/h3-11,19H,2H2,1H3. The summed E-state index contributed by atoms with van der Waals surface area (Å²) in [6, 6.07) is 13.9. The van der Waals surface area contributed by atoms with E-state index in [9.17, 15) is 9.90 Å². The average Bonchev–Trinajstić information content (AvgIpc) is 2.48. The number of phenolic OH excluding ortho intramolecular Hbond substituents is 1. The number of carbonyl (C=O) groups is 1. The van der Waals surface area contributed by atoms with Crippen LogP contribution in [-0.2, 0) is 0 Å². The van der Waals surface area contributed by atoms with Gasteiger partial charge in [0.15, 0.2) is 5.78 Å². The fraction of sp³-hybridized carbons (Fsp3) is 0.118. The Morgan fingerprint density at radius 1 is 1.20 bits per heavy atom. The SMILES string of the molecule is CCC(=Cc1cc(Cl)ccc1O)C(=O)c1ccccc1. The fourth-order valence-corrected chi connectivity index (χ4v) is 2.11. The molecule has 0 fully saturated rings. The van der Waals surface area contributed by atoms with Gasteiger partial charge < -0.3 is 5.11 Å². The van der Waals surface area contributed by atoms with E-state index in [0.717, 1.165) is 0 Å². The summed E-state index contributed by atoms with van der Waals surface area (Å²) in [4.78, 5) is 12.4. The third kappa shape index (κ3) is 3.28. The molecule has 0 aromatic heterocycles. The lowest BCUT2D eigenvalue weighted by atomic mass is 9.99. The van der Waals surface area contributed by atoms with Crippen molar-refractivity contribution in [2.45, 2.75) is 13.3 Å². The molecule has 3 heteroatoms. The number of ketones is 1. The lowest BCUT2D eigenvalue weighted by Crippen LogP contribution is -2.02. The summed E-state index contributed by atoms with van der Waals surface area (Å²) in [5, 5.41) is 10.3. The number of hydrogen-bond acceptors (Lipinski definition) is 2. The first kappa shape index (κ1) is 14.4. The smallest absolute Gasteiger partial charge is 0.189 e. The zero-order chi connectivity index (χ0) is 14.5. The van der Waals surface area contributed by atoms with Gasteiger partial charge in [0.1, 0.15) is 5.75 Å². The third-order valence-corrected chi connectivity index (χ3v) is 3.26. The van der Waals surface area contributed by atoms with E-state index in [4.69, 9.17) is 11.6 Å². The van der Waals surface area contributed by atoms with Gasteiger partial charge >= 0.3 is 0 Å². The number of halogens is 1. The average molecular weight is 287 g/mol. The minimum atomic E-state index is -0.0347. The Morgan fingerprint density at radius 3 is 2.55 bits per heavy atom. The van der Waals surface area contributed by atoms with Crippen LogP contribution in [0.15, 0.2) is 54.1 Å². The van der Waals surface area contributed by atoms with Crippen LogP contribution >= 0.6 is 11.6 Å². The number of benzene rings is 2. The molecule has 2 aromatic rings. The molecule has 0 aliphatic heterocycles. The van der Waals surface area contributed by atoms with Crippen molar-refractivity contribution >= 4 is 23.5 Å². The van der Waals surface area contributed by atoms with Crippen molar-refractivity contribution in [3.05, 3.63) is 70.3 Å². The highest BCUT2D eigenvalue weighted by Crippen LogP contribution is 2.25. The van der Waals surface area contributed by atoms with Crippen molar-refractivity contribution in [1.29, 1.82) is 0 Å². The van der Waals surface area contributed by atoms with Gasteiger partial charge in [-0.05, 0) is 30.7 Å². The minimum Gasteiger partial charge on any atom is -0.507 e. The lowest BCUT2D eigenvalue weighted by Gasteiger charge is -2.06. The zero-order valence-corrected chi connectivity index (χ0v) is 11.9. The number of allylic oxidation sites excluding steroid dienone is 1. The monoisotopic (exact) mass is 286 g/mol. The summed E-state index contributed by atoms with van der Waals surface area (Å²) < 4.78 is 0. The largest absolute Gasteiger partial charge is 0.507 e. The fourth-order valence-electron chi connectivity index (χ4n) is 1.93. The van der Waals surface area contributed by atoms with Crippen molar-refractivity contribution in [2.24, 2.45) is 0 Å². The van der Waals surface area contributed by atoms with E-state index in [1.165, 1.54) is 6.07 Å². The number of rotatable bonds is 4. The molecule has 0 amide bonds. The molecule has 0 bridgehead atoms. The van der Waals surface area contributed by atoms with Crippen LogP contribution in [0.5, 0.6) is 5.75 Å². The Morgan fingerprint density at radius 2 is 1.90 bits per heavy atom. The first-order valence-corrected chi connectivity index (χ1v) is 6.78. The molecule has 0 radical (unpaired) electrons. The van der Waals surface area contributed by atoms with Gasteiger partial charge in [-0.2, -0.15) is 0 Å². The summed E-state index contributed by atoms with van der Waals surface area (Å²) in [6.45, 7) is 1.91. The molecule has 0 saturated carbocycles. The van der Waals surface area contributed by atoms with Crippen LogP contribution in [0.1, 0.15) is 29.3 Å². The molecule has 0 unspecified atom stereocenters. The normalized spacial score (nSPS) is 11.4. The van der Waals surface area contributed by atoms with Crippen LogP contribution in [0, 0.1) is 0 Å². The summed E-state index contributed by atoms with van der Waals surface area (Å²) in [6.07, 6.45) is 2.27. The highest BCUT2D eigenvalue weighted by atomic mass is 35.5. The number of Topliss-reactive ketones (excluding diaryl/α,β-unsaturated/α-hetero) is 1. The van der Waals surface area contributed by atoms with E-state index in [-0.39, 0.29) is 11.5 Å². The number of aromatic hydroxyl groups is 1. The predicted molar refractivity (Wildman–Crippen MR) is 82.2 cm³/mol. The van der Waals surface area contributed by atoms with Gasteiger partial charge in [0, 0.05) is 21.7 Å². The van der Waals surface area contributed by atoms with E-state index >= 15 is 0 Å². The number of phenols is 1. The van der Waals surface area contributed by atoms with E-state index in [2.05, 4.69) is 0 Å². The van der Waals surface area contributed by atoms with Crippen molar-refractivity contribution in [3.8, 4) is 5.75 Å². The second kappa shape index (κ2) is 6.40. The Kier molecular flexibility index (Phi) is 4.59. The Balaban J connectivity index is 2.39. The highest BCUT2D eigenvalue weighted by Gasteiger charge is 2.11. The molecule has 2 nitrogen and oxygen atoms in total. The Labute approximate surface area is 123 Å². The van der Waals surface area contributed by atoms with Crippen LogP contribution in [-0.4, -0.2) is 10.9 Å². The summed E-state index contributed by atoms with van der Waals surface area (Å²) in [7, 11) is 0. The van der Waals surface area contributed by atoms with Crippen molar-refractivity contribution in [1.82, 2.24) is 0 Å². The van der Waals surface area contributed by atoms with Gasteiger partial charge in [-0.15, -0.1) is 0 Å². The molecule has 0 aliphatic carbocycles. The number of hydrogen-bond donors (Lipinski definition) is 1. The molecular formula is C17H15ClO2. The number of carbonyl (C=O) groups excluding carboxylic acids is 1. The van der Waals surface area contributed by atoms with E-state index in [1.54, 1.807) is 30.3 Å². The minimum absolute atomic E-state index is 0.0347. The van der Waals surface area contributed by atoms with Crippen molar-refractivity contribution in [3.63, 3.8) is 0 Å². The topological polar surface area (TPSA) is 37.3 Å². The summed E-state index contributed by atoms with van der Waals surface area (Å²) in [5.41, 5.74) is 1.83. The van der Waals surface area contributed by atoms with E-state index in [1.807, 2.05) is 25.1 Å². The Bertz CT molecular complexity index is 645. The molecule has 2 aromatic carbocycles. The second-order valence-electron chi connectivity index (χ2n) is 4.42. The van der Waals surface area contributed by atoms with Gasteiger partial charge in [0.2, 0.25) is 0 Å². The molecule has 2 rings (SSSR count). The quantitative estimate of drug-likeness (QED) is 0.652. The first-order chi connectivity index (χ1) is 9.61. The van der Waals surface area contributed by atoms with Gasteiger partial charge in [0.25, 0.3) is 0 Å². The third-order valence-electron chi connectivity index (χ3n) is 3.03. The molecule has 0 saturated heterocycles. The van der Waals surface area contributed by atoms with Gasteiger partial charge in [-0.3, -0.25) is 4.79 Å². The van der Waals surface area contributed by atoms with Crippen molar-refractivity contribution in [2.75, 3.05) is 0 Å². The molecule has 0 atom stereocenters. The summed E-state index contributed by atoms with van der Waals surface area (Å²) >= 11 is 5.91. The molecule has 102 valence electrons.